The van der Waals surface area contributed by atoms with Crippen molar-refractivity contribution < 1.29 is 0 Å². The van der Waals surface area contributed by atoms with Crippen LogP contribution in [-0.2, 0) is 6.42 Å². The summed E-state index contributed by atoms with van der Waals surface area (Å²) < 4.78 is 0. The van der Waals surface area contributed by atoms with Crippen LogP contribution in [0.25, 0.3) is 0 Å². The molecule has 0 nitrogen and oxygen atoms in total. The van der Waals surface area contributed by atoms with Gasteiger partial charge in [0.25, 0.3) is 0 Å². The zero-order valence-electron chi connectivity index (χ0n) is 17.3. The number of aryl methyl sites for hydroxylation is 1. The van der Waals surface area contributed by atoms with Gasteiger partial charge in [-0.15, -0.1) is 0 Å². The van der Waals surface area contributed by atoms with Crippen molar-refractivity contribution >= 4 is 0 Å². The molecule has 0 heteroatoms. The maximum atomic E-state index is 2.43. The molecule has 144 valence electrons. The fourth-order valence-corrected chi connectivity index (χ4v) is 6.75. The van der Waals surface area contributed by atoms with Crippen LogP contribution in [0.1, 0.15) is 102 Å². The summed E-state index contributed by atoms with van der Waals surface area (Å²) in [5.41, 5.74) is 3.11. The van der Waals surface area contributed by atoms with E-state index in [0.717, 1.165) is 41.9 Å². The van der Waals surface area contributed by atoms with E-state index >= 15 is 0 Å². The maximum Gasteiger partial charge on any atom is -0.0159 e. The Balaban J connectivity index is 1.31. The third-order valence-electron chi connectivity index (χ3n) is 8.65. The Morgan fingerprint density at radius 1 is 0.654 bits per heavy atom. The predicted octanol–water partition coefficient (Wildman–Crippen LogP) is 7.77. The van der Waals surface area contributed by atoms with Crippen molar-refractivity contribution in [3.8, 4) is 0 Å². The number of benzene rings is 1. The molecule has 0 bridgehead atoms. The quantitative estimate of drug-likeness (QED) is 0.519. The minimum atomic E-state index is 0.846. The van der Waals surface area contributed by atoms with Crippen molar-refractivity contribution in [2.75, 3.05) is 0 Å². The first-order chi connectivity index (χ1) is 12.8. The molecule has 4 rings (SSSR count). The summed E-state index contributed by atoms with van der Waals surface area (Å²) in [5.74, 6) is 6.15. The molecule has 0 aliphatic heterocycles. The van der Waals surface area contributed by atoms with Gasteiger partial charge in [-0.1, -0.05) is 57.4 Å². The highest BCUT2D eigenvalue weighted by Gasteiger charge is 2.38. The average molecular weight is 353 g/mol. The molecule has 0 radical (unpaired) electrons. The Labute approximate surface area is 162 Å². The SMILES string of the molecule is CCc1ccc(C2CCC3CC(C4CCC(CC)CC4)CCC3C2)cc1. The minimum Gasteiger partial charge on any atom is -0.0651 e. The molecule has 0 amide bonds. The lowest BCUT2D eigenvalue weighted by Gasteiger charge is -2.45. The van der Waals surface area contributed by atoms with Crippen molar-refractivity contribution in [3.63, 3.8) is 0 Å². The average Bonchev–Trinajstić information content (AvgIpc) is 2.73. The second-order valence-electron chi connectivity index (χ2n) is 9.89. The van der Waals surface area contributed by atoms with Crippen LogP contribution in [0.4, 0.5) is 0 Å². The van der Waals surface area contributed by atoms with E-state index in [9.17, 15) is 0 Å². The molecule has 3 saturated carbocycles. The highest BCUT2D eigenvalue weighted by molar-refractivity contribution is 5.26. The molecule has 0 saturated heterocycles. The van der Waals surface area contributed by atoms with Crippen molar-refractivity contribution in [1.29, 1.82) is 0 Å². The molecule has 3 fully saturated rings. The number of hydrogen-bond acceptors (Lipinski definition) is 0. The van der Waals surface area contributed by atoms with Crippen molar-refractivity contribution in [2.24, 2.45) is 29.6 Å². The van der Waals surface area contributed by atoms with Gasteiger partial charge in [-0.3, -0.25) is 0 Å². The highest BCUT2D eigenvalue weighted by Crippen LogP contribution is 2.50. The van der Waals surface area contributed by atoms with Gasteiger partial charge in [-0.05, 0) is 104 Å². The highest BCUT2D eigenvalue weighted by atomic mass is 14.4. The largest absolute Gasteiger partial charge is 0.0651 e. The molecule has 0 aromatic heterocycles. The Kier molecular flexibility index (Phi) is 6.07. The van der Waals surface area contributed by atoms with E-state index in [1.807, 2.05) is 0 Å². The topological polar surface area (TPSA) is 0 Å². The summed E-state index contributed by atoms with van der Waals surface area (Å²) in [5, 5.41) is 0. The van der Waals surface area contributed by atoms with Gasteiger partial charge in [0.2, 0.25) is 0 Å². The van der Waals surface area contributed by atoms with Crippen LogP contribution in [0.5, 0.6) is 0 Å². The Morgan fingerprint density at radius 3 is 1.88 bits per heavy atom. The fourth-order valence-electron chi connectivity index (χ4n) is 6.75. The van der Waals surface area contributed by atoms with Crippen LogP contribution in [0.2, 0.25) is 0 Å². The van der Waals surface area contributed by atoms with E-state index in [0.29, 0.717) is 0 Å². The van der Waals surface area contributed by atoms with Crippen LogP contribution < -0.4 is 0 Å². The summed E-state index contributed by atoms with van der Waals surface area (Å²) in [7, 11) is 0. The van der Waals surface area contributed by atoms with E-state index in [2.05, 4.69) is 38.1 Å². The standard InChI is InChI=1S/C26H40/c1-3-19-5-9-21(10-6-19)23-13-15-26-18-24(14-16-25(26)17-23)22-11-7-20(4-2)8-12-22/h5-6,9-10,20,22-26H,3-4,7-8,11-18H2,1-2H3. The van der Waals surface area contributed by atoms with Crippen LogP contribution in [0.3, 0.4) is 0 Å². The first-order valence-corrected chi connectivity index (χ1v) is 11.9. The van der Waals surface area contributed by atoms with Crippen LogP contribution >= 0.6 is 0 Å². The van der Waals surface area contributed by atoms with E-state index in [1.165, 1.54) is 50.5 Å². The van der Waals surface area contributed by atoms with E-state index in [-0.39, 0.29) is 0 Å². The van der Waals surface area contributed by atoms with Gasteiger partial charge in [0.15, 0.2) is 0 Å². The van der Waals surface area contributed by atoms with Crippen LogP contribution in [-0.4, -0.2) is 0 Å². The minimum absolute atomic E-state index is 0.846. The van der Waals surface area contributed by atoms with Gasteiger partial charge in [0.1, 0.15) is 0 Å². The second kappa shape index (κ2) is 8.49. The lowest BCUT2D eigenvalue weighted by Crippen LogP contribution is -2.34. The summed E-state index contributed by atoms with van der Waals surface area (Å²) in [6, 6.07) is 9.60. The summed E-state index contributed by atoms with van der Waals surface area (Å²) in [4.78, 5) is 0. The number of fused-ring (bicyclic) bond motifs is 1. The molecule has 0 spiro atoms. The van der Waals surface area contributed by atoms with E-state index in [4.69, 9.17) is 0 Å². The Hall–Kier alpha value is -0.780. The molecule has 4 unspecified atom stereocenters. The molecule has 0 heterocycles. The molecule has 3 aliphatic carbocycles. The molecule has 3 aliphatic rings. The lowest BCUT2D eigenvalue weighted by atomic mass is 9.60. The van der Waals surface area contributed by atoms with Crippen LogP contribution in [0, 0.1) is 29.6 Å². The monoisotopic (exact) mass is 352 g/mol. The first-order valence-electron chi connectivity index (χ1n) is 11.9. The fraction of sp³-hybridized carbons (Fsp3) is 0.769. The number of hydrogen-bond donors (Lipinski definition) is 0. The third kappa shape index (κ3) is 4.05. The van der Waals surface area contributed by atoms with E-state index < -0.39 is 0 Å². The van der Waals surface area contributed by atoms with Crippen molar-refractivity contribution in [3.05, 3.63) is 35.4 Å². The Bertz CT molecular complexity index is 548. The van der Waals surface area contributed by atoms with Gasteiger partial charge in [0.05, 0.1) is 0 Å². The van der Waals surface area contributed by atoms with Gasteiger partial charge < -0.3 is 0 Å². The zero-order chi connectivity index (χ0) is 17.9. The van der Waals surface area contributed by atoms with E-state index in [1.54, 1.807) is 31.2 Å². The zero-order valence-corrected chi connectivity index (χ0v) is 17.3. The van der Waals surface area contributed by atoms with Gasteiger partial charge >= 0.3 is 0 Å². The van der Waals surface area contributed by atoms with Crippen molar-refractivity contribution in [1.82, 2.24) is 0 Å². The molecular formula is C26H40. The predicted molar refractivity (Wildman–Crippen MR) is 112 cm³/mol. The molecular weight excluding hydrogens is 312 g/mol. The van der Waals surface area contributed by atoms with Gasteiger partial charge in [-0.2, -0.15) is 0 Å². The molecule has 1 aromatic rings. The maximum absolute atomic E-state index is 2.43. The Morgan fingerprint density at radius 2 is 1.23 bits per heavy atom. The van der Waals surface area contributed by atoms with Crippen LogP contribution in [0.15, 0.2) is 24.3 Å². The second-order valence-corrected chi connectivity index (χ2v) is 9.89. The molecule has 4 atom stereocenters. The van der Waals surface area contributed by atoms with Gasteiger partial charge in [0, 0.05) is 0 Å². The third-order valence-corrected chi connectivity index (χ3v) is 8.65. The normalized spacial score (nSPS) is 37.9. The molecule has 0 N–H and O–H groups in total. The molecule has 1 aromatic carbocycles. The number of rotatable bonds is 4. The first kappa shape index (κ1) is 18.6. The molecule has 26 heavy (non-hydrogen) atoms. The summed E-state index contributed by atoms with van der Waals surface area (Å²) >= 11 is 0. The summed E-state index contributed by atoms with van der Waals surface area (Å²) in [6.45, 7) is 4.65. The lowest BCUT2D eigenvalue weighted by molar-refractivity contribution is 0.0716. The summed E-state index contributed by atoms with van der Waals surface area (Å²) in [6.07, 6.45) is 17.8. The van der Waals surface area contributed by atoms with Gasteiger partial charge in [-0.25, -0.2) is 0 Å². The smallest absolute Gasteiger partial charge is 0.0159 e. The van der Waals surface area contributed by atoms with Crippen molar-refractivity contribution in [2.45, 2.75) is 96.8 Å².